The van der Waals surface area contributed by atoms with Crippen LogP contribution in [0.25, 0.3) is 0 Å². The summed E-state index contributed by atoms with van der Waals surface area (Å²) in [7, 11) is -0.157. The summed E-state index contributed by atoms with van der Waals surface area (Å²) in [5, 5.41) is 1.77. The molecule has 1 atom stereocenters. The molecule has 30 heavy (non-hydrogen) atoms. The van der Waals surface area contributed by atoms with E-state index in [4.69, 9.17) is 14.0 Å². The van der Waals surface area contributed by atoms with Crippen LogP contribution in [0.3, 0.4) is 0 Å². The summed E-state index contributed by atoms with van der Waals surface area (Å²) in [4.78, 5) is 27.6. The number of aromatic nitrogens is 2. The highest BCUT2D eigenvalue weighted by atomic mass is 28.4. The van der Waals surface area contributed by atoms with Gasteiger partial charge in [-0.2, -0.15) is 0 Å². The van der Waals surface area contributed by atoms with Crippen molar-refractivity contribution in [3.63, 3.8) is 0 Å². The molecule has 2 heterocycles. The van der Waals surface area contributed by atoms with Crippen molar-refractivity contribution >= 4 is 14.2 Å². The first kappa shape index (κ1) is 23.2. The monoisotopic (exact) mass is 435 g/mol. The summed E-state index contributed by atoms with van der Waals surface area (Å²) < 4.78 is 11.6. The first-order valence-corrected chi connectivity index (χ1v) is 14.0. The summed E-state index contributed by atoms with van der Waals surface area (Å²) >= 11 is 0. The summed E-state index contributed by atoms with van der Waals surface area (Å²) in [6, 6.07) is -0.195. The lowest BCUT2D eigenvalue weighted by Gasteiger charge is -2.38. The molecule has 0 bridgehead atoms. The van der Waals surface area contributed by atoms with Crippen molar-refractivity contribution in [3.05, 3.63) is 18.1 Å². The number of rotatable bonds is 6. The van der Waals surface area contributed by atoms with Gasteiger partial charge in [0.1, 0.15) is 6.04 Å². The number of hydrogen-bond donors (Lipinski definition) is 0. The van der Waals surface area contributed by atoms with Crippen LogP contribution < -0.4 is 4.74 Å². The summed E-state index contributed by atoms with van der Waals surface area (Å²) in [6.45, 7) is 12.8. The van der Waals surface area contributed by atoms with E-state index in [0.29, 0.717) is 18.4 Å². The highest BCUT2D eigenvalue weighted by Gasteiger charge is 2.40. The molecule has 0 unspecified atom stereocenters. The Morgan fingerprint density at radius 2 is 1.90 bits per heavy atom. The number of methoxy groups -OCH3 is 1. The zero-order chi connectivity index (χ0) is 21.9. The first-order valence-electron chi connectivity index (χ1n) is 11.1. The highest BCUT2D eigenvalue weighted by molar-refractivity contribution is 6.74. The number of carbonyl (C=O) groups excluding carboxylic acids is 1. The van der Waals surface area contributed by atoms with Crippen molar-refractivity contribution in [2.45, 2.75) is 77.0 Å². The second-order valence-electron chi connectivity index (χ2n) is 10.1. The maximum Gasteiger partial charge on any atom is 0.249 e. The quantitative estimate of drug-likeness (QED) is 0.612. The molecule has 3 rings (SSSR count). The topological polar surface area (TPSA) is 73.8 Å². The zero-order valence-corrected chi connectivity index (χ0v) is 20.3. The van der Waals surface area contributed by atoms with Crippen LogP contribution >= 0.6 is 0 Å². The zero-order valence-electron chi connectivity index (χ0n) is 19.3. The molecule has 0 spiro atoms. The second-order valence-corrected chi connectivity index (χ2v) is 14.9. The molecular formula is C22H37N3O4Si. The number of nitrogens with zero attached hydrogens (tertiary/aromatic N) is 3. The van der Waals surface area contributed by atoms with Gasteiger partial charge >= 0.3 is 0 Å². The number of hydroxylamine groups is 2. The van der Waals surface area contributed by atoms with Crippen LogP contribution in [0.4, 0.5) is 0 Å². The van der Waals surface area contributed by atoms with E-state index in [1.807, 2.05) is 0 Å². The molecule has 168 valence electrons. The Morgan fingerprint density at radius 1 is 1.20 bits per heavy atom. The van der Waals surface area contributed by atoms with Gasteiger partial charge in [-0.1, -0.05) is 20.8 Å². The number of hydrogen-bond acceptors (Lipinski definition) is 6. The van der Waals surface area contributed by atoms with Crippen molar-refractivity contribution in [3.8, 4) is 5.88 Å². The van der Waals surface area contributed by atoms with E-state index in [-0.39, 0.29) is 22.9 Å². The SMILES string of the molecule is COc1cncc([C@@H]2CCON2C(=O)[C@H]2CC[C@H](CO[Si](C)(C)C(C)(C)C)CC2)n1. The average Bonchev–Trinajstić information content (AvgIpc) is 3.21. The third-order valence-corrected chi connectivity index (χ3v) is 11.5. The molecule has 1 aliphatic heterocycles. The highest BCUT2D eigenvalue weighted by Crippen LogP contribution is 2.39. The minimum atomic E-state index is -1.72. The summed E-state index contributed by atoms with van der Waals surface area (Å²) in [6.07, 6.45) is 7.83. The Kier molecular flexibility index (Phi) is 7.19. The largest absolute Gasteiger partial charge is 0.480 e. The molecule has 7 nitrogen and oxygen atoms in total. The smallest absolute Gasteiger partial charge is 0.249 e. The lowest BCUT2D eigenvalue weighted by atomic mass is 9.82. The molecule has 0 aromatic carbocycles. The van der Waals surface area contributed by atoms with Crippen molar-refractivity contribution < 1.29 is 18.8 Å². The van der Waals surface area contributed by atoms with Gasteiger partial charge in [0, 0.05) is 18.9 Å². The first-order chi connectivity index (χ1) is 14.1. The van der Waals surface area contributed by atoms with E-state index in [1.165, 1.54) is 0 Å². The van der Waals surface area contributed by atoms with Crippen LogP contribution in [0.5, 0.6) is 5.88 Å². The fourth-order valence-corrected chi connectivity index (χ4v) is 4.96. The maximum absolute atomic E-state index is 13.2. The van der Waals surface area contributed by atoms with Gasteiger partial charge in [-0.15, -0.1) is 0 Å². The Morgan fingerprint density at radius 3 is 2.53 bits per heavy atom. The molecular weight excluding hydrogens is 398 g/mol. The molecule has 8 heteroatoms. The van der Waals surface area contributed by atoms with Crippen LogP contribution in [0.2, 0.25) is 18.1 Å². The Bertz CT molecular complexity index is 729. The van der Waals surface area contributed by atoms with Crippen LogP contribution in [0.1, 0.15) is 64.6 Å². The van der Waals surface area contributed by atoms with E-state index in [9.17, 15) is 4.79 Å². The predicted octanol–water partition coefficient (Wildman–Crippen LogP) is 4.52. The number of carbonyl (C=O) groups is 1. The van der Waals surface area contributed by atoms with Gasteiger partial charge in [0.05, 0.1) is 31.8 Å². The van der Waals surface area contributed by atoms with Crippen LogP contribution in [0.15, 0.2) is 12.4 Å². The molecule has 1 aromatic rings. The van der Waals surface area contributed by atoms with Crippen molar-refractivity contribution in [1.29, 1.82) is 0 Å². The molecule has 1 aromatic heterocycles. The fourth-order valence-electron chi connectivity index (χ4n) is 3.88. The minimum Gasteiger partial charge on any atom is -0.480 e. The lowest BCUT2D eigenvalue weighted by Crippen LogP contribution is -2.42. The van der Waals surface area contributed by atoms with Crippen LogP contribution in [0, 0.1) is 11.8 Å². The van der Waals surface area contributed by atoms with Crippen molar-refractivity contribution in [1.82, 2.24) is 15.0 Å². The molecule has 0 radical (unpaired) electrons. The van der Waals surface area contributed by atoms with Gasteiger partial charge in [-0.05, 0) is 49.7 Å². The maximum atomic E-state index is 13.2. The molecule has 2 aliphatic rings. The molecule has 2 fully saturated rings. The molecule has 1 amide bonds. The van der Waals surface area contributed by atoms with E-state index in [2.05, 4.69) is 43.8 Å². The Balaban J connectivity index is 1.54. The summed E-state index contributed by atoms with van der Waals surface area (Å²) in [5.74, 6) is 1.08. The minimum absolute atomic E-state index is 0.00767. The van der Waals surface area contributed by atoms with Crippen molar-refractivity contribution in [2.24, 2.45) is 11.8 Å². The number of amides is 1. The van der Waals surface area contributed by atoms with Crippen molar-refractivity contribution in [2.75, 3.05) is 20.3 Å². The van der Waals surface area contributed by atoms with Gasteiger partial charge in [0.15, 0.2) is 8.32 Å². The second kappa shape index (κ2) is 9.32. The average molecular weight is 436 g/mol. The molecule has 1 saturated heterocycles. The number of ether oxygens (including phenoxy) is 1. The van der Waals surface area contributed by atoms with Gasteiger partial charge in [0.2, 0.25) is 11.8 Å². The fraction of sp³-hybridized carbons (Fsp3) is 0.773. The predicted molar refractivity (Wildman–Crippen MR) is 117 cm³/mol. The third-order valence-electron chi connectivity index (χ3n) is 6.99. The molecule has 0 N–H and O–H groups in total. The van der Waals surface area contributed by atoms with Gasteiger partial charge in [0.25, 0.3) is 0 Å². The van der Waals surface area contributed by atoms with Crippen LogP contribution in [-0.2, 0) is 14.1 Å². The van der Waals surface area contributed by atoms with E-state index in [0.717, 1.165) is 44.4 Å². The van der Waals surface area contributed by atoms with Gasteiger partial charge in [-0.3, -0.25) is 14.6 Å². The van der Waals surface area contributed by atoms with E-state index < -0.39 is 8.32 Å². The lowest BCUT2D eigenvalue weighted by molar-refractivity contribution is -0.183. The van der Waals surface area contributed by atoms with E-state index in [1.54, 1.807) is 24.6 Å². The van der Waals surface area contributed by atoms with Crippen LogP contribution in [-0.4, -0.2) is 49.6 Å². The molecule has 1 aliphatic carbocycles. The Hall–Kier alpha value is -1.51. The van der Waals surface area contributed by atoms with E-state index >= 15 is 0 Å². The summed E-state index contributed by atoms with van der Waals surface area (Å²) in [5.41, 5.74) is 0.719. The Labute approximate surface area is 181 Å². The normalized spacial score (nSPS) is 25.4. The van der Waals surface area contributed by atoms with Gasteiger partial charge < -0.3 is 9.16 Å². The van der Waals surface area contributed by atoms with Gasteiger partial charge in [-0.25, -0.2) is 10.0 Å². The molecule has 1 saturated carbocycles. The standard InChI is InChI=1S/C22H37N3O4Si/c1-22(2,3)30(5,6)29-15-16-7-9-17(10-8-16)21(26)25-19(11-12-28-25)18-13-23-14-20(24-18)27-4/h13-14,16-17,19H,7-12,15H2,1-6H3/t16-,17-,19-/m0/s1. The third kappa shape index (κ3) is 5.21.